The van der Waals surface area contributed by atoms with Gasteiger partial charge in [0.1, 0.15) is 5.75 Å². The lowest BCUT2D eigenvalue weighted by Gasteiger charge is -2.09. The van der Waals surface area contributed by atoms with Crippen molar-refractivity contribution in [1.82, 2.24) is 0 Å². The fraction of sp³-hybridized carbons (Fsp3) is 0.300. The van der Waals surface area contributed by atoms with E-state index in [4.69, 9.17) is 4.74 Å². The Morgan fingerprint density at radius 1 is 0.962 bits per heavy atom. The monoisotopic (exact) mass is 372 g/mol. The number of hydrogen-bond acceptors (Lipinski definition) is 4. The number of anilines is 2. The molecule has 0 spiro atoms. The van der Waals surface area contributed by atoms with Crippen LogP contribution in [-0.4, -0.2) is 24.7 Å². The van der Waals surface area contributed by atoms with Gasteiger partial charge in [0, 0.05) is 34.4 Å². The van der Waals surface area contributed by atoms with E-state index in [9.17, 15) is 9.59 Å². The molecule has 5 nitrogen and oxygen atoms in total. The highest BCUT2D eigenvalue weighted by Crippen LogP contribution is 2.22. The number of carbonyl (C=O) groups excluding carboxylic acids is 2. The lowest BCUT2D eigenvalue weighted by Crippen LogP contribution is -2.17. The average Bonchev–Trinajstić information content (AvgIpc) is 2.63. The lowest BCUT2D eigenvalue weighted by molar-refractivity contribution is -0.119. The number of nitrogens with one attached hydrogen (secondary N) is 2. The van der Waals surface area contributed by atoms with Gasteiger partial charge in [-0.25, -0.2) is 0 Å². The van der Waals surface area contributed by atoms with Gasteiger partial charge in [-0.15, -0.1) is 11.8 Å². The Bertz CT molecular complexity index is 728. The van der Waals surface area contributed by atoms with Gasteiger partial charge in [0.05, 0.1) is 7.11 Å². The summed E-state index contributed by atoms with van der Waals surface area (Å²) < 4.78 is 5.12. The minimum absolute atomic E-state index is 0.0302. The third-order valence-electron chi connectivity index (χ3n) is 3.62. The molecule has 2 aromatic rings. The SMILES string of the molecule is COc1ccc(SCCC(=O)Nc2ccc(NC(=O)C(C)C)cc2)cc1. The maximum absolute atomic E-state index is 12.0. The number of amides is 2. The second kappa shape index (κ2) is 9.87. The van der Waals surface area contributed by atoms with Crippen molar-refractivity contribution in [3.05, 3.63) is 48.5 Å². The van der Waals surface area contributed by atoms with Crippen molar-refractivity contribution < 1.29 is 14.3 Å². The normalized spacial score (nSPS) is 10.5. The molecule has 2 N–H and O–H groups in total. The number of carbonyl (C=O) groups is 2. The minimum Gasteiger partial charge on any atom is -0.497 e. The smallest absolute Gasteiger partial charge is 0.226 e. The van der Waals surface area contributed by atoms with Crippen molar-refractivity contribution in [3.63, 3.8) is 0 Å². The van der Waals surface area contributed by atoms with E-state index in [2.05, 4.69) is 10.6 Å². The van der Waals surface area contributed by atoms with Gasteiger partial charge in [0.25, 0.3) is 0 Å². The van der Waals surface area contributed by atoms with Gasteiger partial charge in [-0.2, -0.15) is 0 Å². The van der Waals surface area contributed by atoms with Gasteiger partial charge < -0.3 is 15.4 Å². The van der Waals surface area contributed by atoms with E-state index in [0.29, 0.717) is 17.9 Å². The van der Waals surface area contributed by atoms with E-state index in [1.807, 2.05) is 38.1 Å². The summed E-state index contributed by atoms with van der Waals surface area (Å²) in [5, 5.41) is 5.68. The molecule has 138 valence electrons. The summed E-state index contributed by atoms with van der Waals surface area (Å²) in [5.41, 5.74) is 1.43. The Labute approximate surface area is 158 Å². The van der Waals surface area contributed by atoms with E-state index in [-0.39, 0.29) is 17.7 Å². The molecule has 0 saturated heterocycles. The number of ether oxygens (including phenoxy) is 1. The maximum Gasteiger partial charge on any atom is 0.226 e. The van der Waals surface area contributed by atoms with Crippen LogP contribution in [0.3, 0.4) is 0 Å². The molecule has 0 radical (unpaired) electrons. The third kappa shape index (κ3) is 6.44. The highest BCUT2D eigenvalue weighted by Gasteiger charge is 2.07. The van der Waals surface area contributed by atoms with Crippen molar-refractivity contribution >= 4 is 35.0 Å². The standard InChI is InChI=1S/C20H24N2O3S/c1-14(2)20(24)22-16-6-4-15(5-7-16)21-19(23)12-13-26-18-10-8-17(25-3)9-11-18/h4-11,14H,12-13H2,1-3H3,(H,21,23)(H,22,24). The van der Waals surface area contributed by atoms with E-state index in [0.717, 1.165) is 16.3 Å². The molecule has 0 aliphatic heterocycles. The van der Waals surface area contributed by atoms with Crippen molar-refractivity contribution in [2.45, 2.75) is 25.2 Å². The fourth-order valence-corrected chi connectivity index (χ4v) is 2.93. The summed E-state index contributed by atoms with van der Waals surface area (Å²) in [6.07, 6.45) is 0.419. The second-order valence-electron chi connectivity index (χ2n) is 6.04. The second-order valence-corrected chi connectivity index (χ2v) is 7.21. The van der Waals surface area contributed by atoms with Crippen LogP contribution in [0.25, 0.3) is 0 Å². The Kier molecular flexibility index (Phi) is 7.53. The number of thioether (sulfide) groups is 1. The summed E-state index contributed by atoms with van der Waals surface area (Å²) >= 11 is 1.63. The number of benzene rings is 2. The molecule has 0 aliphatic carbocycles. The maximum atomic E-state index is 12.0. The molecule has 2 amide bonds. The van der Waals surface area contributed by atoms with Gasteiger partial charge in [-0.05, 0) is 48.5 Å². The van der Waals surface area contributed by atoms with Crippen LogP contribution in [0.15, 0.2) is 53.4 Å². The van der Waals surface area contributed by atoms with Crippen LogP contribution in [0.5, 0.6) is 5.75 Å². The first kappa shape index (κ1) is 19.8. The first-order valence-corrected chi connectivity index (χ1v) is 9.44. The molecule has 0 aliphatic rings. The first-order valence-electron chi connectivity index (χ1n) is 8.45. The molecule has 0 unspecified atom stereocenters. The number of hydrogen-bond donors (Lipinski definition) is 2. The van der Waals surface area contributed by atoms with Crippen molar-refractivity contribution in [1.29, 1.82) is 0 Å². The molecule has 0 fully saturated rings. The molecule has 6 heteroatoms. The molecule has 2 aromatic carbocycles. The summed E-state index contributed by atoms with van der Waals surface area (Å²) in [6, 6.07) is 14.9. The van der Waals surface area contributed by atoms with E-state index >= 15 is 0 Å². The van der Waals surface area contributed by atoms with Crippen molar-refractivity contribution in [3.8, 4) is 5.75 Å². The minimum atomic E-state index is -0.0717. The van der Waals surface area contributed by atoms with Crippen LogP contribution >= 0.6 is 11.8 Å². The molecular weight excluding hydrogens is 348 g/mol. The highest BCUT2D eigenvalue weighted by molar-refractivity contribution is 7.99. The largest absolute Gasteiger partial charge is 0.497 e. The summed E-state index contributed by atoms with van der Waals surface area (Å²) in [6.45, 7) is 3.68. The zero-order chi connectivity index (χ0) is 18.9. The van der Waals surface area contributed by atoms with Crippen LogP contribution in [0.4, 0.5) is 11.4 Å². The molecule has 0 heterocycles. The van der Waals surface area contributed by atoms with Gasteiger partial charge in [-0.3, -0.25) is 9.59 Å². The molecule has 2 rings (SSSR count). The first-order chi connectivity index (χ1) is 12.5. The Balaban J connectivity index is 1.75. The molecule has 0 bridgehead atoms. The van der Waals surface area contributed by atoms with Gasteiger partial charge in [0.2, 0.25) is 11.8 Å². The predicted octanol–water partition coefficient (Wildman–Crippen LogP) is 4.41. The average molecular weight is 372 g/mol. The molecule has 0 atom stereocenters. The Morgan fingerprint density at radius 3 is 2.08 bits per heavy atom. The zero-order valence-corrected chi connectivity index (χ0v) is 16.1. The molecule has 26 heavy (non-hydrogen) atoms. The molecule has 0 aromatic heterocycles. The van der Waals surface area contributed by atoms with E-state index < -0.39 is 0 Å². The van der Waals surface area contributed by atoms with Crippen LogP contribution < -0.4 is 15.4 Å². The summed E-state index contributed by atoms with van der Waals surface area (Å²) in [5.74, 6) is 1.38. The summed E-state index contributed by atoms with van der Waals surface area (Å²) in [7, 11) is 1.64. The summed E-state index contributed by atoms with van der Waals surface area (Å²) in [4.78, 5) is 24.8. The number of rotatable bonds is 8. The van der Waals surface area contributed by atoms with Crippen LogP contribution in [0.2, 0.25) is 0 Å². The fourth-order valence-electron chi connectivity index (χ4n) is 2.08. The molecular formula is C20H24N2O3S. The van der Waals surface area contributed by atoms with Crippen LogP contribution in [-0.2, 0) is 9.59 Å². The highest BCUT2D eigenvalue weighted by atomic mass is 32.2. The topological polar surface area (TPSA) is 67.4 Å². The van der Waals surface area contributed by atoms with E-state index in [1.165, 1.54) is 0 Å². The van der Waals surface area contributed by atoms with Gasteiger partial charge in [-0.1, -0.05) is 13.8 Å². The lowest BCUT2D eigenvalue weighted by atomic mass is 10.2. The van der Waals surface area contributed by atoms with Crippen LogP contribution in [0, 0.1) is 5.92 Å². The van der Waals surface area contributed by atoms with E-state index in [1.54, 1.807) is 43.1 Å². The van der Waals surface area contributed by atoms with Gasteiger partial charge in [0.15, 0.2) is 0 Å². The van der Waals surface area contributed by atoms with Crippen molar-refractivity contribution in [2.75, 3.05) is 23.5 Å². The quantitative estimate of drug-likeness (QED) is 0.674. The molecule has 0 saturated carbocycles. The van der Waals surface area contributed by atoms with Gasteiger partial charge >= 0.3 is 0 Å². The number of methoxy groups -OCH3 is 1. The van der Waals surface area contributed by atoms with Crippen molar-refractivity contribution in [2.24, 2.45) is 5.92 Å². The Morgan fingerprint density at radius 2 is 1.54 bits per heavy atom. The predicted molar refractivity (Wildman–Crippen MR) is 107 cm³/mol. The third-order valence-corrected chi connectivity index (χ3v) is 4.63. The zero-order valence-electron chi connectivity index (χ0n) is 15.2. The Hall–Kier alpha value is -2.47. The van der Waals surface area contributed by atoms with Crippen LogP contribution in [0.1, 0.15) is 20.3 Å².